The Morgan fingerprint density at radius 2 is 0.879 bits per heavy atom. The van der Waals surface area contributed by atoms with Crippen LogP contribution in [0.3, 0.4) is 0 Å². The Bertz CT molecular complexity index is 1890. The first-order valence-electron chi connectivity index (χ1n) is 11.1. The first kappa shape index (κ1) is 17.8. The van der Waals surface area contributed by atoms with E-state index in [1.807, 2.05) is 22.7 Å². The van der Waals surface area contributed by atoms with Crippen LogP contribution in [0.1, 0.15) is 0 Å². The van der Waals surface area contributed by atoms with Gasteiger partial charge >= 0.3 is 0 Å². The van der Waals surface area contributed by atoms with Crippen LogP contribution in [0.25, 0.3) is 67.8 Å². The first-order valence-corrected chi connectivity index (χ1v) is 12.8. The third kappa shape index (κ3) is 2.31. The van der Waals surface area contributed by atoms with E-state index in [-0.39, 0.29) is 0 Å². The molecular weight excluding hydrogens is 438 g/mol. The average molecular weight is 456 g/mol. The minimum atomic E-state index is 1.20. The molecule has 0 radical (unpaired) electrons. The maximum Gasteiger partial charge on any atom is 0.0548 e. The number of hydrogen-bond acceptors (Lipinski definition) is 2. The van der Waals surface area contributed by atoms with E-state index in [4.69, 9.17) is 0 Å². The molecule has 0 aliphatic carbocycles. The van der Waals surface area contributed by atoms with Crippen molar-refractivity contribution in [3.63, 3.8) is 0 Å². The number of rotatable bonds is 1. The van der Waals surface area contributed by atoms with Gasteiger partial charge in [-0.2, -0.15) is 0 Å². The van der Waals surface area contributed by atoms with Crippen LogP contribution in [0.4, 0.5) is 0 Å². The van der Waals surface area contributed by atoms with Gasteiger partial charge in [0.2, 0.25) is 0 Å². The van der Waals surface area contributed by atoms with E-state index in [0.717, 1.165) is 0 Å². The van der Waals surface area contributed by atoms with E-state index in [1.165, 1.54) is 67.8 Å². The van der Waals surface area contributed by atoms with Crippen molar-refractivity contribution in [2.75, 3.05) is 0 Å². The second-order valence-corrected chi connectivity index (χ2v) is 10.7. The summed E-state index contributed by atoms with van der Waals surface area (Å²) in [5.74, 6) is 0. The Labute approximate surface area is 197 Å². The molecule has 8 aromatic rings. The standard InChI is InChI=1S/C30H17NS2/c1-2-8-18(9-3-1)31-21-14-16-25-27(19-10-4-6-12-23(19)32-25)29(21)30-22(31)15-17-26-28(30)20-11-5-7-13-24(20)33-26/h1-17H. The van der Waals surface area contributed by atoms with Crippen LogP contribution in [-0.2, 0) is 0 Å². The largest absolute Gasteiger partial charge is 0.309 e. The summed E-state index contributed by atoms with van der Waals surface area (Å²) in [6.45, 7) is 0. The minimum Gasteiger partial charge on any atom is -0.309 e. The lowest BCUT2D eigenvalue weighted by atomic mass is 10.0. The molecule has 5 aromatic carbocycles. The molecule has 33 heavy (non-hydrogen) atoms. The molecule has 0 saturated heterocycles. The molecule has 0 amide bonds. The molecule has 0 unspecified atom stereocenters. The Kier molecular flexibility index (Phi) is 3.48. The molecule has 0 saturated carbocycles. The molecule has 8 rings (SSSR count). The van der Waals surface area contributed by atoms with Gasteiger partial charge in [0.15, 0.2) is 0 Å². The van der Waals surface area contributed by atoms with Gasteiger partial charge in [0.25, 0.3) is 0 Å². The number of para-hydroxylation sites is 1. The third-order valence-corrected chi connectivity index (χ3v) is 9.06. The van der Waals surface area contributed by atoms with Crippen molar-refractivity contribution in [2.24, 2.45) is 0 Å². The molecule has 1 nitrogen and oxygen atoms in total. The Morgan fingerprint density at radius 3 is 1.42 bits per heavy atom. The van der Waals surface area contributed by atoms with Gasteiger partial charge in [-0.15, -0.1) is 22.7 Å². The number of hydrogen-bond donors (Lipinski definition) is 0. The van der Waals surface area contributed by atoms with E-state index >= 15 is 0 Å². The summed E-state index contributed by atoms with van der Waals surface area (Å²) < 4.78 is 7.85. The van der Waals surface area contributed by atoms with Gasteiger partial charge in [0, 0.05) is 56.8 Å². The van der Waals surface area contributed by atoms with Crippen LogP contribution in [0.15, 0.2) is 103 Å². The monoisotopic (exact) mass is 455 g/mol. The van der Waals surface area contributed by atoms with Gasteiger partial charge in [-0.3, -0.25) is 0 Å². The average Bonchev–Trinajstić information content (AvgIpc) is 3.53. The van der Waals surface area contributed by atoms with Crippen LogP contribution in [-0.4, -0.2) is 4.57 Å². The Balaban J connectivity index is 1.74. The van der Waals surface area contributed by atoms with Crippen molar-refractivity contribution < 1.29 is 0 Å². The normalized spacial score (nSPS) is 12.2. The molecule has 0 fully saturated rings. The molecule has 0 spiro atoms. The van der Waals surface area contributed by atoms with Crippen LogP contribution >= 0.6 is 22.7 Å². The number of fused-ring (bicyclic) bond motifs is 11. The highest BCUT2D eigenvalue weighted by Crippen LogP contribution is 2.47. The number of benzene rings is 5. The van der Waals surface area contributed by atoms with E-state index in [9.17, 15) is 0 Å². The fourth-order valence-electron chi connectivity index (χ4n) is 5.48. The molecule has 0 bridgehead atoms. The van der Waals surface area contributed by atoms with Gasteiger partial charge in [-0.05, 0) is 48.5 Å². The molecular formula is C30H17NS2. The second kappa shape index (κ2) is 6.44. The smallest absolute Gasteiger partial charge is 0.0548 e. The van der Waals surface area contributed by atoms with Gasteiger partial charge in [-0.25, -0.2) is 0 Å². The quantitative estimate of drug-likeness (QED) is 0.232. The van der Waals surface area contributed by atoms with E-state index in [0.29, 0.717) is 0 Å². The van der Waals surface area contributed by atoms with E-state index in [2.05, 4.69) is 108 Å². The summed E-state index contributed by atoms with van der Waals surface area (Å²) in [7, 11) is 0. The van der Waals surface area contributed by atoms with Crippen molar-refractivity contribution in [1.29, 1.82) is 0 Å². The second-order valence-electron chi connectivity index (χ2n) is 8.53. The summed E-state index contributed by atoms with van der Waals surface area (Å²) >= 11 is 3.79. The molecule has 0 aliphatic rings. The summed E-state index contributed by atoms with van der Waals surface area (Å²) in [5, 5.41) is 8.22. The zero-order chi connectivity index (χ0) is 21.5. The summed E-state index contributed by atoms with van der Waals surface area (Å²) in [5.41, 5.74) is 3.75. The number of nitrogens with zero attached hydrogens (tertiary/aromatic N) is 1. The van der Waals surface area contributed by atoms with Crippen LogP contribution in [0.2, 0.25) is 0 Å². The van der Waals surface area contributed by atoms with Crippen molar-refractivity contribution in [2.45, 2.75) is 0 Å². The van der Waals surface area contributed by atoms with Crippen LogP contribution < -0.4 is 0 Å². The predicted molar refractivity (Wildman–Crippen MR) is 147 cm³/mol. The fraction of sp³-hybridized carbons (Fsp3) is 0. The molecule has 0 aliphatic heterocycles. The van der Waals surface area contributed by atoms with Crippen molar-refractivity contribution >= 4 is 84.8 Å². The summed E-state index contributed by atoms with van der Waals surface area (Å²) in [6.07, 6.45) is 0. The van der Waals surface area contributed by atoms with Crippen LogP contribution in [0, 0.1) is 0 Å². The number of aromatic nitrogens is 1. The highest BCUT2D eigenvalue weighted by Gasteiger charge is 2.21. The van der Waals surface area contributed by atoms with Crippen LogP contribution in [0.5, 0.6) is 0 Å². The third-order valence-electron chi connectivity index (χ3n) is 6.79. The number of thiophene rings is 2. The lowest BCUT2D eigenvalue weighted by Gasteiger charge is -2.07. The predicted octanol–water partition coefficient (Wildman–Crippen LogP) is 9.52. The van der Waals surface area contributed by atoms with Crippen molar-refractivity contribution in [3.05, 3.63) is 103 Å². The van der Waals surface area contributed by atoms with Gasteiger partial charge in [0.1, 0.15) is 0 Å². The highest BCUT2D eigenvalue weighted by molar-refractivity contribution is 7.26. The van der Waals surface area contributed by atoms with E-state index < -0.39 is 0 Å². The zero-order valence-electron chi connectivity index (χ0n) is 17.6. The summed E-state index contributed by atoms with van der Waals surface area (Å²) in [6, 6.07) is 37.7. The maximum atomic E-state index is 2.45. The lowest BCUT2D eigenvalue weighted by molar-refractivity contribution is 1.18. The lowest BCUT2D eigenvalue weighted by Crippen LogP contribution is -1.92. The topological polar surface area (TPSA) is 4.93 Å². The molecule has 3 heterocycles. The van der Waals surface area contributed by atoms with E-state index in [1.54, 1.807) is 0 Å². The molecule has 154 valence electrons. The fourth-order valence-corrected chi connectivity index (χ4v) is 7.70. The van der Waals surface area contributed by atoms with Gasteiger partial charge in [0.05, 0.1) is 11.0 Å². The molecule has 0 atom stereocenters. The Morgan fingerprint density at radius 1 is 0.394 bits per heavy atom. The first-order chi connectivity index (χ1) is 16.4. The molecule has 3 aromatic heterocycles. The zero-order valence-corrected chi connectivity index (χ0v) is 19.2. The highest BCUT2D eigenvalue weighted by atomic mass is 32.1. The maximum absolute atomic E-state index is 2.45. The summed E-state index contributed by atoms with van der Waals surface area (Å²) in [4.78, 5) is 0. The van der Waals surface area contributed by atoms with Gasteiger partial charge in [-0.1, -0.05) is 54.6 Å². The molecule has 3 heteroatoms. The van der Waals surface area contributed by atoms with Gasteiger partial charge < -0.3 is 4.57 Å². The van der Waals surface area contributed by atoms with Crippen molar-refractivity contribution in [3.8, 4) is 5.69 Å². The Hall–Kier alpha value is -3.66. The van der Waals surface area contributed by atoms with Crippen molar-refractivity contribution in [1.82, 2.24) is 4.57 Å². The minimum absolute atomic E-state index is 1.20. The molecule has 0 N–H and O–H groups in total. The SMILES string of the molecule is c1ccc(-n2c3ccc4sc5ccccc5c4c3c3c4c(ccc32)sc2ccccc24)cc1.